The highest BCUT2D eigenvalue weighted by molar-refractivity contribution is 5.04. The van der Waals surface area contributed by atoms with E-state index in [2.05, 4.69) is 19.3 Å². The molecule has 0 aromatic carbocycles. The van der Waals surface area contributed by atoms with Crippen molar-refractivity contribution in [1.82, 2.24) is 5.43 Å². The first-order valence-electron chi connectivity index (χ1n) is 7.20. The Hall–Kier alpha value is -0.0800. The van der Waals surface area contributed by atoms with E-state index >= 15 is 0 Å². The van der Waals surface area contributed by atoms with E-state index < -0.39 is 0 Å². The summed E-state index contributed by atoms with van der Waals surface area (Å²) in [5, 5.41) is 0. The SMILES string of the molecule is CC(C)CCCC(NN)C1C2CCCCC21. The van der Waals surface area contributed by atoms with Gasteiger partial charge in [0.2, 0.25) is 0 Å². The molecule has 3 unspecified atom stereocenters. The Morgan fingerprint density at radius 2 is 1.75 bits per heavy atom. The van der Waals surface area contributed by atoms with Crippen LogP contribution in [0.15, 0.2) is 0 Å². The zero-order valence-corrected chi connectivity index (χ0v) is 10.9. The Morgan fingerprint density at radius 3 is 2.25 bits per heavy atom. The quantitative estimate of drug-likeness (QED) is 0.537. The molecule has 0 aromatic heterocycles. The highest BCUT2D eigenvalue weighted by atomic mass is 15.2. The van der Waals surface area contributed by atoms with Crippen molar-refractivity contribution >= 4 is 0 Å². The van der Waals surface area contributed by atoms with Crippen molar-refractivity contribution in [2.24, 2.45) is 29.5 Å². The first-order chi connectivity index (χ1) is 7.74. The molecular formula is C14H28N2. The van der Waals surface area contributed by atoms with Gasteiger partial charge in [-0.2, -0.15) is 0 Å². The molecule has 2 heteroatoms. The molecule has 0 saturated heterocycles. The molecule has 2 fully saturated rings. The Balaban J connectivity index is 1.73. The van der Waals surface area contributed by atoms with E-state index in [1.165, 1.54) is 44.9 Å². The summed E-state index contributed by atoms with van der Waals surface area (Å²) in [6, 6.07) is 0.604. The second-order valence-electron chi connectivity index (χ2n) is 6.29. The van der Waals surface area contributed by atoms with Crippen LogP contribution in [0.1, 0.15) is 58.8 Å². The van der Waals surface area contributed by atoms with Crippen LogP contribution in [0.4, 0.5) is 0 Å². The van der Waals surface area contributed by atoms with Gasteiger partial charge in [0.15, 0.2) is 0 Å². The topological polar surface area (TPSA) is 38.0 Å². The van der Waals surface area contributed by atoms with Crippen LogP contribution in [-0.4, -0.2) is 6.04 Å². The third-order valence-electron chi connectivity index (χ3n) is 4.70. The molecule has 0 bridgehead atoms. The zero-order chi connectivity index (χ0) is 11.5. The van der Waals surface area contributed by atoms with Crippen molar-refractivity contribution in [3.63, 3.8) is 0 Å². The Bertz CT molecular complexity index is 203. The molecule has 0 aromatic rings. The van der Waals surface area contributed by atoms with Gasteiger partial charge in [-0.3, -0.25) is 11.3 Å². The summed E-state index contributed by atoms with van der Waals surface area (Å²) in [7, 11) is 0. The van der Waals surface area contributed by atoms with Gasteiger partial charge in [-0.05, 0) is 42.9 Å². The second-order valence-corrected chi connectivity index (χ2v) is 6.29. The van der Waals surface area contributed by atoms with E-state index in [1.807, 2.05) is 0 Å². The van der Waals surface area contributed by atoms with E-state index in [0.717, 1.165) is 23.7 Å². The van der Waals surface area contributed by atoms with Crippen LogP contribution < -0.4 is 11.3 Å². The van der Waals surface area contributed by atoms with Gasteiger partial charge in [-0.1, -0.05) is 39.5 Å². The van der Waals surface area contributed by atoms with Crippen molar-refractivity contribution in [2.45, 2.75) is 64.8 Å². The Labute approximate surface area is 100 Å². The highest BCUT2D eigenvalue weighted by Gasteiger charge is 2.53. The fraction of sp³-hybridized carbons (Fsp3) is 1.00. The number of fused-ring (bicyclic) bond motifs is 1. The fourth-order valence-electron chi connectivity index (χ4n) is 3.78. The first-order valence-corrected chi connectivity index (χ1v) is 7.20. The second kappa shape index (κ2) is 5.50. The van der Waals surface area contributed by atoms with Crippen LogP contribution in [0.25, 0.3) is 0 Å². The van der Waals surface area contributed by atoms with Crippen LogP contribution in [0.3, 0.4) is 0 Å². The monoisotopic (exact) mass is 224 g/mol. The number of hydrogen-bond donors (Lipinski definition) is 2. The third-order valence-corrected chi connectivity index (χ3v) is 4.70. The summed E-state index contributed by atoms with van der Waals surface area (Å²) in [6.07, 6.45) is 9.83. The molecule has 2 aliphatic rings. The molecule has 3 atom stereocenters. The predicted octanol–water partition coefficient (Wildman–Crippen LogP) is 3.08. The van der Waals surface area contributed by atoms with Gasteiger partial charge in [0.05, 0.1) is 0 Å². The van der Waals surface area contributed by atoms with Crippen molar-refractivity contribution in [2.75, 3.05) is 0 Å². The molecule has 2 aliphatic carbocycles. The summed E-state index contributed by atoms with van der Waals surface area (Å²) < 4.78 is 0. The van der Waals surface area contributed by atoms with E-state index in [0.29, 0.717) is 6.04 Å². The van der Waals surface area contributed by atoms with Gasteiger partial charge in [0, 0.05) is 6.04 Å². The van der Waals surface area contributed by atoms with Gasteiger partial charge in [-0.25, -0.2) is 0 Å². The number of nitrogens with one attached hydrogen (secondary N) is 1. The number of nitrogens with two attached hydrogens (primary N) is 1. The lowest BCUT2D eigenvalue weighted by atomic mass is 9.99. The van der Waals surface area contributed by atoms with E-state index in [4.69, 9.17) is 5.84 Å². The van der Waals surface area contributed by atoms with Crippen molar-refractivity contribution in [1.29, 1.82) is 0 Å². The summed E-state index contributed by atoms with van der Waals surface area (Å²) in [6.45, 7) is 4.61. The predicted molar refractivity (Wildman–Crippen MR) is 68.7 cm³/mol. The zero-order valence-electron chi connectivity index (χ0n) is 10.9. The molecule has 2 saturated carbocycles. The number of hydrazine groups is 1. The van der Waals surface area contributed by atoms with E-state index in [-0.39, 0.29) is 0 Å². The van der Waals surface area contributed by atoms with E-state index in [1.54, 1.807) is 0 Å². The van der Waals surface area contributed by atoms with Gasteiger partial charge in [-0.15, -0.1) is 0 Å². The molecule has 94 valence electrons. The van der Waals surface area contributed by atoms with Gasteiger partial charge in [0.25, 0.3) is 0 Å². The average molecular weight is 224 g/mol. The lowest BCUT2D eigenvalue weighted by molar-refractivity contribution is 0.387. The van der Waals surface area contributed by atoms with Gasteiger partial charge >= 0.3 is 0 Å². The summed E-state index contributed by atoms with van der Waals surface area (Å²) in [4.78, 5) is 0. The molecule has 2 nitrogen and oxygen atoms in total. The molecule has 0 aliphatic heterocycles. The summed E-state index contributed by atoms with van der Waals surface area (Å²) in [5.41, 5.74) is 3.09. The molecule has 3 N–H and O–H groups in total. The normalized spacial score (nSPS) is 34.9. The van der Waals surface area contributed by atoms with Crippen LogP contribution >= 0.6 is 0 Å². The molecule has 2 rings (SSSR count). The maximum atomic E-state index is 5.73. The molecule has 16 heavy (non-hydrogen) atoms. The molecule has 0 amide bonds. The van der Waals surface area contributed by atoms with Crippen LogP contribution in [0.5, 0.6) is 0 Å². The number of rotatable bonds is 6. The maximum Gasteiger partial charge on any atom is 0.0244 e. The van der Waals surface area contributed by atoms with Crippen molar-refractivity contribution in [3.05, 3.63) is 0 Å². The maximum absolute atomic E-state index is 5.73. The van der Waals surface area contributed by atoms with E-state index in [9.17, 15) is 0 Å². The molecule has 0 heterocycles. The largest absolute Gasteiger partial charge is 0.271 e. The van der Waals surface area contributed by atoms with Crippen LogP contribution in [0, 0.1) is 23.7 Å². The molecule has 0 radical (unpaired) electrons. The standard InChI is InChI=1S/C14H28N2/c1-10(2)6-5-9-13(16-15)14-11-7-3-4-8-12(11)14/h10-14,16H,3-9,15H2,1-2H3. The van der Waals surface area contributed by atoms with Gasteiger partial charge < -0.3 is 0 Å². The highest BCUT2D eigenvalue weighted by Crippen LogP contribution is 2.57. The minimum Gasteiger partial charge on any atom is -0.271 e. The van der Waals surface area contributed by atoms with Crippen molar-refractivity contribution < 1.29 is 0 Å². The minimum atomic E-state index is 0.604. The summed E-state index contributed by atoms with van der Waals surface area (Å²) >= 11 is 0. The van der Waals surface area contributed by atoms with Crippen LogP contribution in [-0.2, 0) is 0 Å². The van der Waals surface area contributed by atoms with Crippen molar-refractivity contribution in [3.8, 4) is 0 Å². The smallest absolute Gasteiger partial charge is 0.0244 e. The number of hydrogen-bond acceptors (Lipinski definition) is 2. The lowest BCUT2D eigenvalue weighted by Crippen LogP contribution is -2.37. The molecule has 0 spiro atoms. The first kappa shape index (κ1) is 12.4. The fourth-order valence-corrected chi connectivity index (χ4v) is 3.78. The third kappa shape index (κ3) is 2.78. The van der Waals surface area contributed by atoms with Crippen LogP contribution in [0.2, 0.25) is 0 Å². The average Bonchev–Trinajstić information content (AvgIpc) is 2.98. The summed E-state index contributed by atoms with van der Waals surface area (Å²) in [5.74, 6) is 9.53. The Kier molecular flexibility index (Phi) is 4.26. The minimum absolute atomic E-state index is 0.604. The lowest BCUT2D eigenvalue weighted by Gasteiger charge is -2.16. The Morgan fingerprint density at radius 1 is 1.12 bits per heavy atom. The molecular weight excluding hydrogens is 196 g/mol. The van der Waals surface area contributed by atoms with Gasteiger partial charge in [0.1, 0.15) is 0 Å².